The number of rotatable bonds is 2. The van der Waals surface area contributed by atoms with Gasteiger partial charge in [0.25, 0.3) is 0 Å². The largest absolute Gasteiger partial charge is 0.354 e. The van der Waals surface area contributed by atoms with E-state index in [1.54, 1.807) is 24.3 Å². The number of fused-ring (bicyclic) bond motifs is 1. The van der Waals surface area contributed by atoms with Gasteiger partial charge in [-0.05, 0) is 24.4 Å². The molecule has 0 spiro atoms. The summed E-state index contributed by atoms with van der Waals surface area (Å²) in [5.41, 5.74) is -0.584. The molecule has 0 atom stereocenters. The molecule has 17 heavy (non-hydrogen) atoms. The molecular formula is C11H8N2O4. The van der Waals surface area contributed by atoms with Gasteiger partial charge in [0.15, 0.2) is 0 Å². The number of hydrogen-bond acceptors (Lipinski definition) is 4. The summed E-state index contributed by atoms with van der Waals surface area (Å²) in [6.07, 6.45) is 0. The maximum absolute atomic E-state index is 11.0. The SMILES string of the molecule is Cc1cc2ccccc2c([N+](=O)[O-])c1[N+](=O)[O-]. The van der Waals surface area contributed by atoms with Crippen LogP contribution in [-0.4, -0.2) is 9.85 Å². The van der Waals surface area contributed by atoms with Gasteiger partial charge in [0, 0.05) is 5.56 Å². The van der Waals surface area contributed by atoms with E-state index in [4.69, 9.17) is 0 Å². The van der Waals surface area contributed by atoms with Crippen LogP contribution in [0, 0.1) is 27.2 Å². The van der Waals surface area contributed by atoms with E-state index in [0.29, 0.717) is 10.9 Å². The first kappa shape index (κ1) is 11.0. The van der Waals surface area contributed by atoms with Crippen LogP contribution < -0.4 is 0 Å². The molecule has 0 aliphatic carbocycles. The summed E-state index contributed by atoms with van der Waals surface area (Å²) in [5.74, 6) is 0. The molecule has 2 rings (SSSR count). The van der Waals surface area contributed by atoms with Gasteiger partial charge in [-0.2, -0.15) is 0 Å². The summed E-state index contributed by atoms with van der Waals surface area (Å²) in [5, 5.41) is 22.8. The molecule has 0 N–H and O–H groups in total. The quantitative estimate of drug-likeness (QED) is 0.588. The fourth-order valence-electron chi connectivity index (χ4n) is 1.87. The lowest BCUT2D eigenvalue weighted by atomic mass is 10.0. The number of nitro benzene ring substituents is 2. The maximum atomic E-state index is 11.0. The molecule has 86 valence electrons. The minimum Gasteiger partial charge on any atom is -0.258 e. The monoisotopic (exact) mass is 232 g/mol. The molecule has 0 radical (unpaired) electrons. The highest BCUT2D eigenvalue weighted by atomic mass is 16.6. The van der Waals surface area contributed by atoms with E-state index >= 15 is 0 Å². The molecule has 0 aromatic heterocycles. The van der Waals surface area contributed by atoms with Crippen molar-refractivity contribution in [3.63, 3.8) is 0 Å². The molecule has 0 aliphatic rings. The van der Waals surface area contributed by atoms with Gasteiger partial charge in [-0.3, -0.25) is 20.2 Å². The van der Waals surface area contributed by atoms with E-state index in [9.17, 15) is 20.2 Å². The predicted octanol–water partition coefficient (Wildman–Crippen LogP) is 2.96. The van der Waals surface area contributed by atoms with E-state index in [2.05, 4.69) is 0 Å². The van der Waals surface area contributed by atoms with Crippen molar-refractivity contribution in [2.45, 2.75) is 6.92 Å². The molecule has 0 aliphatic heterocycles. The molecule has 0 unspecified atom stereocenters. The van der Waals surface area contributed by atoms with Crippen molar-refractivity contribution in [1.82, 2.24) is 0 Å². The van der Waals surface area contributed by atoms with Crippen LogP contribution in [0.5, 0.6) is 0 Å². The van der Waals surface area contributed by atoms with Gasteiger partial charge >= 0.3 is 11.4 Å². The van der Waals surface area contributed by atoms with Crippen molar-refractivity contribution in [2.75, 3.05) is 0 Å². The molecule has 6 nitrogen and oxygen atoms in total. The number of nitro groups is 2. The van der Waals surface area contributed by atoms with Crippen LogP contribution in [0.1, 0.15) is 5.56 Å². The normalized spacial score (nSPS) is 10.4. The van der Waals surface area contributed by atoms with Gasteiger partial charge in [-0.1, -0.05) is 18.2 Å². The van der Waals surface area contributed by atoms with Crippen LogP contribution in [0.25, 0.3) is 10.8 Å². The highest BCUT2D eigenvalue weighted by Crippen LogP contribution is 2.37. The molecule has 0 saturated heterocycles. The molecule has 6 heteroatoms. The Hall–Kier alpha value is -2.50. The van der Waals surface area contributed by atoms with Gasteiger partial charge < -0.3 is 0 Å². The fraction of sp³-hybridized carbons (Fsp3) is 0.0909. The van der Waals surface area contributed by atoms with E-state index in [1.165, 1.54) is 13.0 Å². The predicted molar refractivity (Wildman–Crippen MR) is 62.0 cm³/mol. The Balaban J connectivity index is 2.99. The average Bonchev–Trinajstić information content (AvgIpc) is 2.26. The molecule has 2 aromatic rings. The first-order chi connectivity index (χ1) is 8.02. The Labute approximate surface area is 95.8 Å². The standard InChI is InChI=1S/C11H8N2O4/c1-7-6-8-4-2-3-5-9(8)11(13(16)17)10(7)12(14)15/h2-6H,1H3. The van der Waals surface area contributed by atoms with Crippen LogP contribution >= 0.6 is 0 Å². The second kappa shape index (κ2) is 3.82. The first-order valence-electron chi connectivity index (χ1n) is 4.83. The Morgan fingerprint density at radius 3 is 2.18 bits per heavy atom. The third kappa shape index (κ3) is 1.69. The van der Waals surface area contributed by atoms with Crippen molar-refractivity contribution in [3.05, 3.63) is 56.1 Å². The van der Waals surface area contributed by atoms with Crippen molar-refractivity contribution >= 4 is 22.1 Å². The lowest BCUT2D eigenvalue weighted by Crippen LogP contribution is -1.99. The van der Waals surface area contributed by atoms with Gasteiger partial charge in [0.05, 0.1) is 15.2 Å². The summed E-state index contributed by atoms with van der Waals surface area (Å²) >= 11 is 0. The summed E-state index contributed by atoms with van der Waals surface area (Å²) < 4.78 is 0. The summed E-state index contributed by atoms with van der Waals surface area (Å²) in [4.78, 5) is 20.5. The molecule has 0 bridgehead atoms. The lowest BCUT2D eigenvalue weighted by Gasteiger charge is -2.03. The minimum atomic E-state index is -0.708. The average molecular weight is 232 g/mol. The number of benzene rings is 2. The van der Waals surface area contributed by atoms with Crippen LogP contribution in [0.3, 0.4) is 0 Å². The van der Waals surface area contributed by atoms with Crippen molar-refractivity contribution in [1.29, 1.82) is 0 Å². The first-order valence-corrected chi connectivity index (χ1v) is 4.83. The van der Waals surface area contributed by atoms with E-state index < -0.39 is 21.2 Å². The minimum absolute atomic E-state index is 0.287. The third-order valence-electron chi connectivity index (χ3n) is 2.55. The summed E-state index contributed by atoms with van der Waals surface area (Å²) in [6, 6.07) is 8.14. The fourth-order valence-corrected chi connectivity index (χ4v) is 1.87. The highest BCUT2D eigenvalue weighted by Gasteiger charge is 2.29. The maximum Gasteiger partial charge on any atom is 0.354 e. The summed E-state index contributed by atoms with van der Waals surface area (Å²) in [6.45, 7) is 1.50. The van der Waals surface area contributed by atoms with Crippen molar-refractivity contribution < 1.29 is 9.85 Å². The number of nitrogens with zero attached hydrogens (tertiary/aromatic N) is 2. The van der Waals surface area contributed by atoms with Crippen molar-refractivity contribution in [2.24, 2.45) is 0 Å². The van der Waals surface area contributed by atoms with Crippen LogP contribution in [0.4, 0.5) is 11.4 Å². The second-order valence-corrected chi connectivity index (χ2v) is 3.63. The van der Waals surface area contributed by atoms with Gasteiger partial charge in [-0.25, -0.2) is 0 Å². The number of aryl methyl sites for hydroxylation is 1. The zero-order valence-corrected chi connectivity index (χ0v) is 8.91. The Morgan fingerprint density at radius 1 is 1.00 bits per heavy atom. The van der Waals surface area contributed by atoms with Gasteiger partial charge in [0.2, 0.25) is 0 Å². The Morgan fingerprint density at radius 2 is 1.59 bits per heavy atom. The Bertz CT molecular complexity index is 637. The molecule has 2 aromatic carbocycles. The zero-order chi connectivity index (χ0) is 12.6. The smallest absolute Gasteiger partial charge is 0.258 e. The Kier molecular flexibility index (Phi) is 2.47. The van der Waals surface area contributed by atoms with E-state index in [0.717, 1.165) is 0 Å². The van der Waals surface area contributed by atoms with Crippen LogP contribution in [-0.2, 0) is 0 Å². The van der Waals surface area contributed by atoms with Crippen LogP contribution in [0.15, 0.2) is 30.3 Å². The van der Waals surface area contributed by atoms with E-state index in [1.807, 2.05) is 0 Å². The van der Waals surface area contributed by atoms with E-state index in [-0.39, 0.29) is 5.39 Å². The molecule has 0 amide bonds. The second-order valence-electron chi connectivity index (χ2n) is 3.63. The van der Waals surface area contributed by atoms with Crippen molar-refractivity contribution in [3.8, 4) is 0 Å². The zero-order valence-electron chi connectivity index (χ0n) is 8.91. The topological polar surface area (TPSA) is 86.3 Å². The summed E-state index contributed by atoms with van der Waals surface area (Å²) in [7, 11) is 0. The lowest BCUT2D eigenvalue weighted by molar-refractivity contribution is -0.421. The molecule has 0 fully saturated rings. The third-order valence-corrected chi connectivity index (χ3v) is 2.55. The van der Waals surface area contributed by atoms with Gasteiger partial charge in [-0.15, -0.1) is 0 Å². The molecule has 0 heterocycles. The van der Waals surface area contributed by atoms with Gasteiger partial charge in [0.1, 0.15) is 0 Å². The van der Waals surface area contributed by atoms with Crippen LogP contribution in [0.2, 0.25) is 0 Å². The highest BCUT2D eigenvalue weighted by molar-refractivity contribution is 5.96. The molecule has 0 saturated carbocycles. The number of hydrogen-bond donors (Lipinski definition) is 0. The molecular weight excluding hydrogens is 224 g/mol.